The zero-order valence-electron chi connectivity index (χ0n) is 13.9. The van der Waals surface area contributed by atoms with Crippen molar-refractivity contribution in [3.05, 3.63) is 47.0 Å². The molecule has 0 aromatic heterocycles. The molecule has 4 heteroatoms. The third-order valence-electron chi connectivity index (χ3n) is 4.04. The van der Waals surface area contributed by atoms with Crippen LogP contribution in [0, 0.1) is 0 Å². The first-order chi connectivity index (χ1) is 11.2. The molecule has 0 aliphatic heterocycles. The third kappa shape index (κ3) is 5.55. The molecule has 2 N–H and O–H groups in total. The van der Waals surface area contributed by atoms with Crippen LogP contribution in [0.1, 0.15) is 66.2 Å². The van der Waals surface area contributed by atoms with Gasteiger partial charge in [-0.1, -0.05) is 24.6 Å². The summed E-state index contributed by atoms with van der Waals surface area (Å²) in [5.41, 5.74) is 2.51. The maximum Gasteiger partial charge on any atom is 0.251 e. The van der Waals surface area contributed by atoms with Crippen LogP contribution in [-0.4, -0.2) is 24.9 Å². The van der Waals surface area contributed by atoms with Gasteiger partial charge < -0.3 is 10.6 Å². The van der Waals surface area contributed by atoms with E-state index in [4.69, 9.17) is 0 Å². The van der Waals surface area contributed by atoms with Gasteiger partial charge in [0.15, 0.2) is 0 Å². The van der Waals surface area contributed by atoms with Gasteiger partial charge in [0, 0.05) is 24.2 Å². The average molecular weight is 314 g/mol. The summed E-state index contributed by atoms with van der Waals surface area (Å²) in [5, 5.41) is 5.77. The van der Waals surface area contributed by atoms with E-state index in [-0.39, 0.29) is 11.8 Å². The van der Waals surface area contributed by atoms with E-state index in [1.54, 1.807) is 24.3 Å². The van der Waals surface area contributed by atoms with Crippen LogP contribution in [0.25, 0.3) is 0 Å². The lowest BCUT2D eigenvalue weighted by atomic mass is 9.97. The fraction of sp³-hybridized carbons (Fsp3) is 0.474. The van der Waals surface area contributed by atoms with Crippen LogP contribution < -0.4 is 10.6 Å². The second-order valence-corrected chi connectivity index (χ2v) is 5.95. The lowest BCUT2D eigenvalue weighted by molar-refractivity contribution is 0.0953. The molecule has 0 radical (unpaired) electrons. The molecule has 23 heavy (non-hydrogen) atoms. The SMILES string of the molecule is CCCNC(=O)c1cccc(C(=O)NCCC2=CCCCC2)c1. The highest BCUT2D eigenvalue weighted by molar-refractivity contribution is 5.99. The zero-order valence-corrected chi connectivity index (χ0v) is 13.9. The van der Waals surface area contributed by atoms with Gasteiger partial charge in [0.25, 0.3) is 11.8 Å². The predicted molar refractivity (Wildman–Crippen MR) is 92.6 cm³/mol. The quantitative estimate of drug-likeness (QED) is 0.757. The highest BCUT2D eigenvalue weighted by atomic mass is 16.2. The maximum atomic E-state index is 12.2. The fourth-order valence-corrected chi connectivity index (χ4v) is 2.71. The van der Waals surface area contributed by atoms with E-state index in [1.807, 2.05) is 6.92 Å². The van der Waals surface area contributed by atoms with E-state index >= 15 is 0 Å². The highest BCUT2D eigenvalue weighted by Crippen LogP contribution is 2.19. The molecule has 0 unspecified atom stereocenters. The molecule has 124 valence electrons. The zero-order chi connectivity index (χ0) is 16.5. The second kappa shape index (κ2) is 9.13. The normalized spacial score (nSPS) is 14.0. The van der Waals surface area contributed by atoms with E-state index in [2.05, 4.69) is 16.7 Å². The monoisotopic (exact) mass is 314 g/mol. The van der Waals surface area contributed by atoms with E-state index in [9.17, 15) is 9.59 Å². The van der Waals surface area contributed by atoms with E-state index in [0.29, 0.717) is 24.2 Å². The van der Waals surface area contributed by atoms with Gasteiger partial charge in [0.05, 0.1) is 0 Å². The molecule has 2 amide bonds. The standard InChI is InChI=1S/C19H26N2O2/c1-2-12-20-18(22)16-9-6-10-17(14-16)19(23)21-13-11-15-7-4-3-5-8-15/h6-7,9-10,14H,2-5,8,11-13H2,1H3,(H,20,22)(H,21,23). The fourth-order valence-electron chi connectivity index (χ4n) is 2.71. The van der Waals surface area contributed by atoms with Crippen molar-refractivity contribution in [1.82, 2.24) is 10.6 Å². The predicted octanol–water partition coefficient (Wildman–Crippen LogP) is 3.45. The van der Waals surface area contributed by atoms with Gasteiger partial charge in [-0.25, -0.2) is 0 Å². The minimum Gasteiger partial charge on any atom is -0.352 e. The molecule has 1 aromatic rings. The van der Waals surface area contributed by atoms with Crippen LogP contribution in [0.5, 0.6) is 0 Å². The third-order valence-corrected chi connectivity index (χ3v) is 4.04. The number of amides is 2. The molecule has 2 rings (SSSR count). The Labute approximate surface area is 138 Å². The van der Waals surface area contributed by atoms with Crippen molar-refractivity contribution < 1.29 is 9.59 Å². The summed E-state index contributed by atoms with van der Waals surface area (Å²) in [4.78, 5) is 24.2. The number of hydrogen-bond donors (Lipinski definition) is 2. The molecular formula is C19H26N2O2. The Morgan fingerprint density at radius 3 is 2.35 bits per heavy atom. The molecule has 0 saturated carbocycles. The summed E-state index contributed by atoms with van der Waals surface area (Å²) in [6.45, 7) is 3.30. The van der Waals surface area contributed by atoms with Gasteiger partial charge in [0.1, 0.15) is 0 Å². The first-order valence-corrected chi connectivity index (χ1v) is 8.55. The van der Waals surface area contributed by atoms with Gasteiger partial charge in [-0.15, -0.1) is 0 Å². The van der Waals surface area contributed by atoms with Gasteiger partial charge in [0.2, 0.25) is 0 Å². The first kappa shape index (κ1) is 17.3. The Kier molecular flexibility index (Phi) is 6.85. The number of carbonyl (C=O) groups is 2. The van der Waals surface area contributed by atoms with Crippen molar-refractivity contribution in [2.75, 3.05) is 13.1 Å². The summed E-state index contributed by atoms with van der Waals surface area (Å²) in [7, 11) is 0. The molecule has 1 aliphatic rings. The average Bonchev–Trinajstić information content (AvgIpc) is 2.60. The number of carbonyl (C=O) groups excluding carboxylic acids is 2. The molecule has 0 heterocycles. The van der Waals surface area contributed by atoms with Gasteiger partial charge >= 0.3 is 0 Å². The largest absolute Gasteiger partial charge is 0.352 e. The van der Waals surface area contributed by atoms with Gasteiger partial charge in [-0.05, 0) is 56.7 Å². The van der Waals surface area contributed by atoms with Crippen molar-refractivity contribution in [3.8, 4) is 0 Å². The molecule has 0 atom stereocenters. The minimum atomic E-state index is -0.131. The molecule has 0 bridgehead atoms. The van der Waals surface area contributed by atoms with Crippen LogP contribution in [0.3, 0.4) is 0 Å². The number of benzene rings is 1. The lowest BCUT2D eigenvalue weighted by Crippen LogP contribution is -2.26. The van der Waals surface area contributed by atoms with Crippen molar-refractivity contribution in [1.29, 1.82) is 0 Å². The molecular weight excluding hydrogens is 288 g/mol. The van der Waals surface area contributed by atoms with Crippen LogP contribution in [0.15, 0.2) is 35.9 Å². The summed E-state index contributed by atoms with van der Waals surface area (Å²) in [5.74, 6) is -0.250. The molecule has 0 fully saturated rings. The van der Waals surface area contributed by atoms with Crippen molar-refractivity contribution in [2.24, 2.45) is 0 Å². The summed E-state index contributed by atoms with van der Waals surface area (Å²) in [6, 6.07) is 6.88. The number of rotatable bonds is 7. The van der Waals surface area contributed by atoms with Gasteiger partial charge in [-0.2, -0.15) is 0 Å². The highest BCUT2D eigenvalue weighted by Gasteiger charge is 2.10. The van der Waals surface area contributed by atoms with Gasteiger partial charge in [-0.3, -0.25) is 9.59 Å². The Morgan fingerprint density at radius 2 is 1.74 bits per heavy atom. The van der Waals surface area contributed by atoms with Crippen LogP contribution >= 0.6 is 0 Å². The van der Waals surface area contributed by atoms with Crippen molar-refractivity contribution in [2.45, 2.75) is 45.4 Å². The van der Waals surface area contributed by atoms with Crippen molar-refractivity contribution in [3.63, 3.8) is 0 Å². The molecule has 0 spiro atoms. The molecule has 1 aromatic carbocycles. The van der Waals surface area contributed by atoms with Crippen LogP contribution in [-0.2, 0) is 0 Å². The number of allylic oxidation sites excluding steroid dienone is 1. The molecule has 0 saturated heterocycles. The van der Waals surface area contributed by atoms with E-state index in [1.165, 1.54) is 18.4 Å². The smallest absolute Gasteiger partial charge is 0.251 e. The van der Waals surface area contributed by atoms with Crippen LogP contribution in [0.4, 0.5) is 0 Å². The second-order valence-electron chi connectivity index (χ2n) is 5.95. The number of nitrogens with one attached hydrogen (secondary N) is 2. The Balaban J connectivity index is 1.86. The Bertz CT molecular complexity index is 578. The van der Waals surface area contributed by atoms with Crippen LogP contribution in [0.2, 0.25) is 0 Å². The molecule has 1 aliphatic carbocycles. The Morgan fingerprint density at radius 1 is 1.04 bits per heavy atom. The van der Waals surface area contributed by atoms with E-state index in [0.717, 1.165) is 25.7 Å². The topological polar surface area (TPSA) is 58.2 Å². The maximum absolute atomic E-state index is 12.2. The Hall–Kier alpha value is -2.10. The minimum absolute atomic E-state index is 0.119. The summed E-state index contributed by atoms with van der Waals surface area (Å²) in [6.07, 6.45) is 8.97. The van der Waals surface area contributed by atoms with E-state index < -0.39 is 0 Å². The van der Waals surface area contributed by atoms with Crippen molar-refractivity contribution >= 4 is 11.8 Å². The number of hydrogen-bond acceptors (Lipinski definition) is 2. The summed E-state index contributed by atoms with van der Waals surface area (Å²) < 4.78 is 0. The first-order valence-electron chi connectivity index (χ1n) is 8.55. The summed E-state index contributed by atoms with van der Waals surface area (Å²) >= 11 is 0. The molecule has 4 nitrogen and oxygen atoms in total. The lowest BCUT2D eigenvalue weighted by Gasteiger charge is -2.13.